The lowest BCUT2D eigenvalue weighted by Gasteiger charge is -2.21. The number of halogens is 4. The highest BCUT2D eigenvalue weighted by Crippen LogP contribution is 2.25. The maximum absolute atomic E-state index is 13.3. The summed E-state index contributed by atoms with van der Waals surface area (Å²) in [6.45, 7) is 0.930. The van der Waals surface area contributed by atoms with Gasteiger partial charge in [0.1, 0.15) is 5.76 Å². The van der Waals surface area contributed by atoms with Crippen molar-refractivity contribution in [1.29, 1.82) is 0 Å². The number of nitrogens with zero attached hydrogens (tertiary/aromatic N) is 2. The lowest BCUT2D eigenvalue weighted by molar-refractivity contribution is -0.0242. The largest absolute Gasteiger partial charge is 0.438 e. The van der Waals surface area contributed by atoms with Gasteiger partial charge >= 0.3 is 0 Å². The number of hydrogen-bond acceptors (Lipinski definition) is 5. The molecule has 1 rings (SSSR count). The van der Waals surface area contributed by atoms with Gasteiger partial charge in [0.25, 0.3) is 5.92 Å². The van der Waals surface area contributed by atoms with Gasteiger partial charge in [-0.1, -0.05) is 0 Å². The van der Waals surface area contributed by atoms with Crippen molar-refractivity contribution in [2.45, 2.75) is 45.0 Å². The summed E-state index contributed by atoms with van der Waals surface area (Å²) in [6.07, 6.45) is 9.02. The van der Waals surface area contributed by atoms with Crippen LogP contribution in [0.1, 0.15) is 39.0 Å². The predicted octanol–water partition coefficient (Wildman–Crippen LogP) is 4.64. The molecule has 5 nitrogen and oxygen atoms in total. The normalized spacial score (nSPS) is 16.4. The first kappa shape index (κ1) is 23.3. The van der Waals surface area contributed by atoms with Crippen LogP contribution in [0.2, 0.25) is 0 Å². The molecule has 0 aromatic carbocycles. The molecule has 9 heteroatoms. The Morgan fingerprint density at radius 2 is 2.11 bits per heavy atom. The first-order valence-corrected chi connectivity index (χ1v) is 9.41. The average molecular weight is 451 g/mol. The number of alkyl halides is 3. The van der Waals surface area contributed by atoms with Crippen molar-refractivity contribution in [2.24, 2.45) is 16.6 Å². The molecule has 0 saturated carbocycles. The van der Waals surface area contributed by atoms with E-state index in [0.717, 1.165) is 12.8 Å². The van der Waals surface area contributed by atoms with Gasteiger partial charge in [-0.25, -0.2) is 19.6 Å². The van der Waals surface area contributed by atoms with Crippen LogP contribution in [0.25, 0.3) is 0 Å². The maximum atomic E-state index is 13.3. The minimum atomic E-state index is -3.00. The second kappa shape index (κ2) is 11.9. The Hall–Kier alpha value is -1.74. The number of hydrogen-bond donors (Lipinski definition) is 2. The molecule has 0 amide bonds. The quantitative estimate of drug-likeness (QED) is 0.208. The molecular weight excluding hydrogens is 425 g/mol. The van der Waals surface area contributed by atoms with Crippen LogP contribution < -0.4 is 11.6 Å². The molecule has 0 aliphatic carbocycles. The van der Waals surface area contributed by atoms with Crippen LogP contribution in [0.5, 0.6) is 0 Å². The van der Waals surface area contributed by atoms with E-state index in [1.807, 2.05) is 6.08 Å². The summed E-state index contributed by atoms with van der Waals surface area (Å²) < 4.78 is 44.9. The Morgan fingerprint density at radius 3 is 2.70 bits per heavy atom. The lowest BCUT2D eigenvalue weighted by Crippen LogP contribution is -2.31. The molecule has 152 valence electrons. The zero-order valence-electron chi connectivity index (χ0n) is 15.3. The third-order valence-corrected chi connectivity index (χ3v) is 4.42. The molecule has 0 saturated heterocycles. The average Bonchev–Trinajstić information content (AvgIpc) is 2.64. The van der Waals surface area contributed by atoms with Crippen molar-refractivity contribution in [1.82, 2.24) is 5.01 Å². The van der Waals surface area contributed by atoms with Gasteiger partial charge in [0, 0.05) is 37.5 Å². The molecule has 1 aliphatic rings. The monoisotopic (exact) mass is 450 g/mol. The zero-order valence-corrected chi connectivity index (χ0v) is 16.9. The minimum Gasteiger partial charge on any atom is -0.438 e. The summed E-state index contributed by atoms with van der Waals surface area (Å²) in [7, 11) is 0. The van der Waals surface area contributed by atoms with Gasteiger partial charge in [-0.05, 0) is 60.3 Å². The van der Waals surface area contributed by atoms with Crippen LogP contribution >= 0.6 is 15.9 Å². The van der Waals surface area contributed by atoms with E-state index in [9.17, 15) is 13.2 Å². The van der Waals surface area contributed by atoms with E-state index in [4.69, 9.17) is 16.3 Å². The van der Waals surface area contributed by atoms with Crippen molar-refractivity contribution < 1.29 is 17.9 Å². The molecule has 0 radical (unpaired) electrons. The standard InChI is InChI=1S/C18H26BrF3N4O/c1-14(26(24)12-4-8-18(21,22)9-10-20)6-7-16(15(19)13-23)27-17-5-2-3-11-25-17/h5-7,11,13H,2-4,8-10,12,23-24H2,1H3/b14-6+,15-13-,16-7+. The number of rotatable bonds is 11. The van der Waals surface area contributed by atoms with E-state index in [1.54, 1.807) is 25.3 Å². The van der Waals surface area contributed by atoms with Crippen LogP contribution in [-0.4, -0.2) is 30.4 Å². The van der Waals surface area contributed by atoms with Gasteiger partial charge in [-0.3, -0.25) is 4.39 Å². The number of hydrazine groups is 1. The molecule has 0 spiro atoms. The molecule has 0 fully saturated rings. The Labute approximate surface area is 166 Å². The lowest BCUT2D eigenvalue weighted by atomic mass is 10.1. The summed E-state index contributed by atoms with van der Waals surface area (Å²) in [5.74, 6) is 3.79. The molecule has 0 unspecified atom stereocenters. The fourth-order valence-corrected chi connectivity index (χ4v) is 2.37. The highest BCUT2D eigenvalue weighted by Gasteiger charge is 2.27. The topological polar surface area (TPSA) is 76.9 Å². The van der Waals surface area contributed by atoms with Gasteiger partial charge in [0.05, 0.1) is 11.2 Å². The molecule has 0 aromatic rings. The van der Waals surface area contributed by atoms with E-state index < -0.39 is 25.4 Å². The highest BCUT2D eigenvalue weighted by atomic mass is 79.9. The molecule has 0 bridgehead atoms. The number of allylic oxidation sites excluding steroid dienone is 5. The van der Waals surface area contributed by atoms with Crippen molar-refractivity contribution in [3.63, 3.8) is 0 Å². The van der Waals surface area contributed by atoms with Gasteiger partial charge in [0.2, 0.25) is 5.88 Å². The second-order valence-corrected chi connectivity index (χ2v) is 6.83. The smallest absolute Gasteiger partial charge is 0.250 e. The summed E-state index contributed by atoms with van der Waals surface area (Å²) in [5, 5.41) is 1.36. The van der Waals surface area contributed by atoms with E-state index in [0.29, 0.717) is 21.8 Å². The number of nitrogens with two attached hydrogens (primary N) is 2. The van der Waals surface area contributed by atoms with Gasteiger partial charge in [0.15, 0.2) is 0 Å². The van der Waals surface area contributed by atoms with E-state index in [-0.39, 0.29) is 13.0 Å². The fraction of sp³-hybridized carbons (Fsp3) is 0.500. The van der Waals surface area contributed by atoms with E-state index >= 15 is 0 Å². The molecule has 0 atom stereocenters. The second-order valence-electron chi connectivity index (χ2n) is 5.98. The number of ether oxygens (including phenoxy) is 1. The Balaban J connectivity index is 2.69. The van der Waals surface area contributed by atoms with Crippen molar-refractivity contribution in [3.05, 3.63) is 46.2 Å². The molecule has 27 heavy (non-hydrogen) atoms. The summed E-state index contributed by atoms with van der Waals surface area (Å²) >= 11 is 3.31. The van der Waals surface area contributed by atoms with Gasteiger partial charge in [-0.2, -0.15) is 0 Å². The zero-order chi connectivity index (χ0) is 20.3. The van der Waals surface area contributed by atoms with Crippen molar-refractivity contribution in [3.8, 4) is 0 Å². The molecule has 1 aliphatic heterocycles. The maximum Gasteiger partial charge on any atom is 0.250 e. The third-order valence-electron chi connectivity index (χ3n) is 3.76. The Morgan fingerprint density at radius 1 is 1.37 bits per heavy atom. The first-order chi connectivity index (χ1) is 12.8. The number of aliphatic imine (C=N–C) groups is 1. The van der Waals surface area contributed by atoms with Crippen LogP contribution in [0, 0.1) is 0 Å². The fourth-order valence-electron chi connectivity index (χ4n) is 2.15. The minimum absolute atomic E-state index is 0.149. The summed E-state index contributed by atoms with van der Waals surface area (Å²) in [6, 6.07) is 0. The van der Waals surface area contributed by atoms with Crippen molar-refractivity contribution in [2.75, 3.05) is 13.2 Å². The van der Waals surface area contributed by atoms with Gasteiger partial charge < -0.3 is 15.5 Å². The van der Waals surface area contributed by atoms with Gasteiger partial charge in [-0.15, -0.1) is 0 Å². The predicted molar refractivity (Wildman–Crippen MR) is 106 cm³/mol. The first-order valence-electron chi connectivity index (χ1n) is 8.62. The van der Waals surface area contributed by atoms with Crippen LogP contribution in [0.4, 0.5) is 13.2 Å². The molecular formula is C18H26BrF3N4O. The Kier molecular flexibility index (Phi) is 10.2. The third kappa shape index (κ3) is 9.14. The molecule has 1 heterocycles. The highest BCUT2D eigenvalue weighted by molar-refractivity contribution is 9.11. The molecule has 0 aromatic heterocycles. The van der Waals surface area contributed by atoms with Crippen LogP contribution in [0.15, 0.2) is 51.2 Å². The summed E-state index contributed by atoms with van der Waals surface area (Å²) in [5.41, 5.74) is 6.18. The molecule has 4 N–H and O–H groups in total. The van der Waals surface area contributed by atoms with Crippen LogP contribution in [0.3, 0.4) is 0 Å². The van der Waals surface area contributed by atoms with E-state index in [1.165, 1.54) is 11.2 Å². The Bertz CT molecular complexity index is 630. The summed E-state index contributed by atoms with van der Waals surface area (Å²) in [4.78, 5) is 4.16. The SMILES string of the molecule is C\C(=C/C=C(OC1=CCCC=N1)\C(Br)=C\N)N(N)CCCC(F)(F)CCF. The van der Waals surface area contributed by atoms with Crippen LogP contribution in [-0.2, 0) is 4.74 Å². The van der Waals surface area contributed by atoms with Crippen molar-refractivity contribution >= 4 is 22.1 Å². The van der Waals surface area contributed by atoms with E-state index in [2.05, 4.69) is 20.9 Å².